The highest BCUT2D eigenvalue weighted by Crippen LogP contribution is 2.26. The van der Waals surface area contributed by atoms with Crippen molar-refractivity contribution in [1.82, 2.24) is 14.9 Å². The molecule has 0 radical (unpaired) electrons. The van der Waals surface area contributed by atoms with Crippen LogP contribution >= 0.6 is 0 Å². The second-order valence-corrected chi connectivity index (χ2v) is 4.70. The molecule has 1 aliphatic rings. The van der Waals surface area contributed by atoms with E-state index in [2.05, 4.69) is 36.4 Å². The maximum atomic E-state index is 4.02. The van der Waals surface area contributed by atoms with Gasteiger partial charge in [0.25, 0.3) is 0 Å². The highest BCUT2D eigenvalue weighted by Gasteiger charge is 2.28. The van der Waals surface area contributed by atoms with Crippen molar-refractivity contribution in [2.24, 2.45) is 5.41 Å². The first-order valence-electron chi connectivity index (χ1n) is 4.73. The zero-order chi connectivity index (χ0) is 9.47. The lowest BCUT2D eigenvalue weighted by molar-refractivity contribution is 0.291. The summed E-state index contributed by atoms with van der Waals surface area (Å²) in [6.45, 7) is 6.75. The number of hydrogen-bond acceptors (Lipinski definition) is 3. The third-order valence-electron chi connectivity index (χ3n) is 2.62. The van der Waals surface area contributed by atoms with Crippen molar-refractivity contribution in [1.29, 1.82) is 0 Å². The normalized spacial score (nSPS) is 22.2. The zero-order valence-electron chi connectivity index (χ0n) is 8.41. The first-order chi connectivity index (χ1) is 6.07. The third-order valence-corrected chi connectivity index (χ3v) is 2.62. The molecule has 0 fully saturated rings. The molecule has 1 aromatic rings. The second-order valence-electron chi connectivity index (χ2n) is 4.70. The lowest BCUT2D eigenvalue weighted by Gasteiger charge is -2.35. The monoisotopic (exact) mass is 180 g/mol. The number of hydrogen-bond donors (Lipinski definition) is 1. The topological polar surface area (TPSA) is 42.7 Å². The van der Waals surface area contributed by atoms with Gasteiger partial charge in [0.1, 0.15) is 6.33 Å². The van der Waals surface area contributed by atoms with E-state index in [1.165, 1.54) is 0 Å². The van der Waals surface area contributed by atoms with Crippen LogP contribution in [0.1, 0.15) is 33.0 Å². The number of aryl methyl sites for hydroxylation is 1. The van der Waals surface area contributed by atoms with Gasteiger partial charge < -0.3 is 5.43 Å². The van der Waals surface area contributed by atoms with Gasteiger partial charge in [-0.2, -0.15) is 0 Å². The first kappa shape index (κ1) is 8.53. The van der Waals surface area contributed by atoms with E-state index in [-0.39, 0.29) is 0 Å². The van der Waals surface area contributed by atoms with E-state index in [0.717, 1.165) is 18.7 Å². The Bertz CT molecular complexity index is 297. The second kappa shape index (κ2) is 2.72. The van der Waals surface area contributed by atoms with Gasteiger partial charge in [-0.15, -0.1) is 10.2 Å². The molecule has 13 heavy (non-hydrogen) atoms. The number of nitrogens with zero attached hydrogens (tertiary/aromatic N) is 3. The van der Waals surface area contributed by atoms with Gasteiger partial charge in [0, 0.05) is 12.5 Å². The number of rotatable bonds is 0. The van der Waals surface area contributed by atoms with Crippen molar-refractivity contribution in [2.75, 3.05) is 5.43 Å². The molecule has 0 spiro atoms. The zero-order valence-corrected chi connectivity index (χ0v) is 8.41. The molecule has 0 aromatic carbocycles. The Hall–Kier alpha value is -1.06. The molecule has 2 rings (SSSR count). The van der Waals surface area contributed by atoms with Crippen LogP contribution in [0, 0.1) is 5.41 Å². The van der Waals surface area contributed by atoms with Gasteiger partial charge in [0.05, 0.1) is 0 Å². The van der Waals surface area contributed by atoms with Crippen LogP contribution in [-0.2, 0) is 6.42 Å². The molecule has 0 bridgehead atoms. The minimum atomic E-state index is 0.294. The summed E-state index contributed by atoms with van der Waals surface area (Å²) in [6.07, 6.45) is 3.91. The van der Waals surface area contributed by atoms with E-state index in [4.69, 9.17) is 0 Å². The third kappa shape index (κ3) is 1.53. The van der Waals surface area contributed by atoms with Gasteiger partial charge >= 0.3 is 0 Å². The summed E-state index contributed by atoms with van der Waals surface area (Å²) >= 11 is 0. The van der Waals surface area contributed by atoms with Crippen LogP contribution in [0.5, 0.6) is 0 Å². The first-order valence-corrected chi connectivity index (χ1v) is 4.73. The molecular formula is C9H16N4. The maximum Gasteiger partial charge on any atom is 0.151 e. The largest absolute Gasteiger partial charge is 0.320 e. The highest BCUT2D eigenvalue weighted by atomic mass is 15.5. The fourth-order valence-corrected chi connectivity index (χ4v) is 1.67. The maximum absolute atomic E-state index is 4.02. The lowest BCUT2D eigenvalue weighted by atomic mass is 9.84. The van der Waals surface area contributed by atoms with E-state index >= 15 is 0 Å². The molecule has 0 saturated carbocycles. The summed E-state index contributed by atoms with van der Waals surface area (Å²) in [5.74, 6) is 1.04. The summed E-state index contributed by atoms with van der Waals surface area (Å²) in [4.78, 5) is 0. The Morgan fingerprint density at radius 2 is 2.31 bits per heavy atom. The molecule has 1 atom stereocenters. The predicted molar refractivity (Wildman–Crippen MR) is 50.9 cm³/mol. The average molecular weight is 180 g/mol. The fraction of sp³-hybridized carbons (Fsp3) is 0.778. The Morgan fingerprint density at radius 1 is 1.54 bits per heavy atom. The van der Waals surface area contributed by atoms with E-state index in [1.807, 2.05) is 4.68 Å². The van der Waals surface area contributed by atoms with Gasteiger partial charge in [0.2, 0.25) is 0 Å². The minimum Gasteiger partial charge on any atom is -0.320 e. The summed E-state index contributed by atoms with van der Waals surface area (Å²) in [5.41, 5.74) is 3.70. The standard InChI is InChI=1S/C9H16N4/c1-9(2,3)7-4-5-8-11-10-6-13(8)12-7/h6-7,12H,4-5H2,1-3H3. The molecule has 2 heterocycles. The van der Waals surface area contributed by atoms with E-state index in [1.54, 1.807) is 6.33 Å². The smallest absolute Gasteiger partial charge is 0.151 e. The minimum absolute atomic E-state index is 0.294. The molecule has 0 aliphatic carbocycles. The molecule has 72 valence electrons. The molecule has 4 heteroatoms. The SMILES string of the molecule is CC(C)(C)C1CCc2nncn2N1. The van der Waals surface area contributed by atoms with Crippen LogP contribution < -0.4 is 5.43 Å². The lowest BCUT2D eigenvalue weighted by Crippen LogP contribution is -2.42. The van der Waals surface area contributed by atoms with Crippen molar-refractivity contribution >= 4 is 0 Å². The Balaban J connectivity index is 2.18. The highest BCUT2D eigenvalue weighted by molar-refractivity contribution is 5.02. The van der Waals surface area contributed by atoms with Crippen LogP contribution in [-0.4, -0.2) is 20.9 Å². The van der Waals surface area contributed by atoms with Gasteiger partial charge in [-0.05, 0) is 11.8 Å². The van der Waals surface area contributed by atoms with Crippen LogP contribution in [0.2, 0.25) is 0 Å². The van der Waals surface area contributed by atoms with Crippen molar-refractivity contribution in [3.05, 3.63) is 12.2 Å². The molecule has 1 aliphatic heterocycles. The summed E-state index contributed by atoms with van der Waals surface area (Å²) in [6, 6.07) is 0.510. The van der Waals surface area contributed by atoms with Crippen molar-refractivity contribution in [3.8, 4) is 0 Å². The average Bonchev–Trinajstić information content (AvgIpc) is 2.47. The summed E-state index contributed by atoms with van der Waals surface area (Å²) < 4.78 is 1.94. The van der Waals surface area contributed by atoms with Gasteiger partial charge in [-0.25, -0.2) is 4.68 Å². The quantitative estimate of drug-likeness (QED) is 0.652. The molecule has 0 saturated heterocycles. The van der Waals surface area contributed by atoms with Gasteiger partial charge in [-0.3, -0.25) is 0 Å². The fourth-order valence-electron chi connectivity index (χ4n) is 1.67. The van der Waals surface area contributed by atoms with E-state index < -0.39 is 0 Å². The molecule has 1 N–H and O–H groups in total. The predicted octanol–water partition coefficient (Wildman–Crippen LogP) is 1.18. The van der Waals surface area contributed by atoms with Crippen LogP contribution in [0.25, 0.3) is 0 Å². The van der Waals surface area contributed by atoms with Gasteiger partial charge in [0.15, 0.2) is 5.82 Å². The van der Waals surface area contributed by atoms with Crippen molar-refractivity contribution in [3.63, 3.8) is 0 Å². The van der Waals surface area contributed by atoms with Crippen LogP contribution in [0.15, 0.2) is 6.33 Å². The molecular weight excluding hydrogens is 164 g/mol. The van der Waals surface area contributed by atoms with Crippen LogP contribution in [0.3, 0.4) is 0 Å². The van der Waals surface area contributed by atoms with E-state index in [0.29, 0.717) is 11.5 Å². The van der Waals surface area contributed by atoms with Crippen molar-refractivity contribution < 1.29 is 0 Å². The molecule has 4 nitrogen and oxygen atoms in total. The summed E-state index contributed by atoms with van der Waals surface area (Å²) in [5, 5.41) is 7.89. The summed E-state index contributed by atoms with van der Waals surface area (Å²) in [7, 11) is 0. The number of aromatic nitrogens is 3. The van der Waals surface area contributed by atoms with Crippen molar-refractivity contribution in [2.45, 2.75) is 39.7 Å². The molecule has 1 aromatic heterocycles. The molecule has 1 unspecified atom stereocenters. The Morgan fingerprint density at radius 3 is 3.00 bits per heavy atom. The van der Waals surface area contributed by atoms with E-state index in [9.17, 15) is 0 Å². The van der Waals surface area contributed by atoms with Gasteiger partial charge in [-0.1, -0.05) is 20.8 Å². The number of fused-ring (bicyclic) bond motifs is 1. The Kier molecular flexibility index (Phi) is 1.78. The molecule has 0 amide bonds. The number of nitrogens with one attached hydrogen (secondary N) is 1. The van der Waals surface area contributed by atoms with Crippen LogP contribution in [0.4, 0.5) is 0 Å². The Labute approximate surface area is 78.3 Å².